The van der Waals surface area contributed by atoms with Gasteiger partial charge in [0.15, 0.2) is 0 Å². The second kappa shape index (κ2) is 6.58. The number of rotatable bonds is 4. The minimum atomic E-state index is -0.217. The first-order valence-corrected chi connectivity index (χ1v) is 8.00. The highest BCUT2D eigenvalue weighted by molar-refractivity contribution is 7.10. The highest BCUT2D eigenvalue weighted by Gasteiger charge is 2.07. The number of hydrazone groups is 1. The van der Waals surface area contributed by atoms with Crippen LogP contribution in [-0.2, 0) is 0 Å². The van der Waals surface area contributed by atoms with E-state index in [9.17, 15) is 4.79 Å². The Hall–Kier alpha value is -2.73. The molecule has 0 unspecified atom stereocenters. The summed E-state index contributed by atoms with van der Waals surface area (Å²) in [5.74, 6) is -0.217. The predicted molar refractivity (Wildman–Crippen MR) is 92.9 cm³/mol. The van der Waals surface area contributed by atoms with Crippen LogP contribution in [0.1, 0.15) is 26.4 Å². The van der Waals surface area contributed by atoms with Crippen molar-refractivity contribution in [2.75, 3.05) is 0 Å². The van der Waals surface area contributed by atoms with Gasteiger partial charge in [-0.2, -0.15) is 10.2 Å². The summed E-state index contributed by atoms with van der Waals surface area (Å²) in [5, 5.41) is 12.9. The molecular formula is C17H16N4OS. The van der Waals surface area contributed by atoms with E-state index in [2.05, 4.69) is 20.7 Å². The molecule has 3 aromatic rings. The van der Waals surface area contributed by atoms with Gasteiger partial charge in [0.25, 0.3) is 5.91 Å². The molecule has 0 aliphatic carbocycles. The Morgan fingerprint density at radius 3 is 2.78 bits per heavy atom. The number of hydrogen-bond donors (Lipinski definition) is 2. The number of amides is 1. The number of benzene rings is 1. The predicted octanol–water partition coefficient (Wildman–Crippen LogP) is 3.52. The zero-order valence-electron chi connectivity index (χ0n) is 12.8. The number of aryl methyl sites for hydroxylation is 2. The summed E-state index contributed by atoms with van der Waals surface area (Å²) in [6, 6.07) is 9.96. The van der Waals surface area contributed by atoms with E-state index in [-0.39, 0.29) is 5.91 Å². The van der Waals surface area contributed by atoms with E-state index in [1.165, 1.54) is 16.9 Å². The first-order valence-electron chi connectivity index (χ1n) is 7.12. The Kier molecular flexibility index (Phi) is 4.34. The Morgan fingerprint density at radius 1 is 1.30 bits per heavy atom. The molecule has 0 bridgehead atoms. The van der Waals surface area contributed by atoms with Crippen LogP contribution in [0.25, 0.3) is 11.3 Å². The lowest BCUT2D eigenvalue weighted by Crippen LogP contribution is -2.16. The van der Waals surface area contributed by atoms with Crippen LogP contribution in [0.2, 0.25) is 0 Å². The summed E-state index contributed by atoms with van der Waals surface area (Å²) < 4.78 is 0. The average Bonchev–Trinajstić information content (AvgIpc) is 3.17. The van der Waals surface area contributed by atoms with Crippen LogP contribution in [0, 0.1) is 13.8 Å². The molecule has 0 spiro atoms. The molecule has 5 nitrogen and oxygen atoms in total. The van der Waals surface area contributed by atoms with Crippen molar-refractivity contribution in [2.24, 2.45) is 5.10 Å². The van der Waals surface area contributed by atoms with Crippen molar-refractivity contribution in [1.29, 1.82) is 0 Å². The van der Waals surface area contributed by atoms with E-state index in [0.29, 0.717) is 5.56 Å². The molecule has 2 heterocycles. The highest BCUT2D eigenvalue weighted by atomic mass is 32.1. The summed E-state index contributed by atoms with van der Waals surface area (Å²) in [4.78, 5) is 13.0. The molecule has 2 N–H and O–H groups in total. The van der Waals surface area contributed by atoms with Gasteiger partial charge in [-0.25, -0.2) is 5.43 Å². The number of nitrogens with one attached hydrogen (secondary N) is 2. The number of nitrogens with zero attached hydrogens (tertiary/aromatic N) is 2. The third kappa shape index (κ3) is 3.54. The SMILES string of the molecule is Cc1ccc(-c2[nH]ncc2/C=N/NC(=O)c2csc(C)c2)cc1. The molecule has 0 radical (unpaired) electrons. The standard InChI is InChI=1S/C17H16N4OS/c1-11-3-5-13(6-4-11)16-15(8-18-20-16)9-19-21-17(22)14-7-12(2)23-10-14/h3-10H,1-2H3,(H,18,20)(H,21,22)/b19-9+. The van der Waals surface area contributed by atoms with Crippen LogP contribution in [0.5, 0.6) is 0 Å². The van der Waals surface area contributed by atoms with Crippen LogP contribution in [0.3, 0.4) is 0 Å². The molecule has 0 atom stereocenters. The van der Waals surface area contributed by atoms with Crippen molar-refractivity contribution in [1.82, 2.24) is 15.6 Å². The zero-order valence-corrected chi connectivity index (χ0v) is 13.6. The molecule has 6 heteroatoms. The lowest BCUT2D eigenvalue weighted by Gasteiger charge is -2.00. The van der Waals surface area contributed by atoms with Gasteiger partial charge in [-0.3, -0.25) is 9.89 Å². The average molecular weight is 324 g/mol. The quantitative estimate of drug-likeness (QED) is 0.569. The summed E-state index contributed by atoms with van der Waals surface area (Å²) >= 11 is 1.54. The molecule has 0 fully saturated rings. The number of H-pyrrole nitrogens is 1. The van der Waals surface area contributed by atoms with Crippen LogP contribution in [0.4, 0.5) is 0 Å². The fourth-order valence-electron chi connectivity index (χ4n) is 2.13. The van der Waals surface area contributed by atoms with Crippen LogP contribution in [0.15, 0.2) is 47.0 Å². The van der Waals surface area contributed by atoms with Crippen molar-refractivity contribution in [3.05, 3.63) is 63.5 Å². The van der Waals surface area contributed by atoms with Crippen molar-refractivity contribution in [3.63, 3.8) is 0 Å². The Balaban J connectivity index is 1.72. The second-order valence-corrected chi connectivity index (χ2v) is 6.33. The van der Waals surface area contributed by atoms with E-state index >= 15 is 0 Å². The van der Waals surface area contributed by atoms with Crippen molar-refractivity contribution < 1.29 is 4.79 Å². The van der Waals surface area contributed by atoms with E-state index in [0.717, 1.165) is 21.7 Å². The molecule has 1 amide bonds. The first-order chi connectivity index (χ1) is 11.1. The summed E-state index contributed by atoms with van der Waals surface area (Å²) in [6.45, 7) is 4.00. The largest absolute Gasteiger partial charge is 0.277 e. The molecule has 116 valence electrons. The van der Waals surface area contributed by atoms with Crippen molar-refractivity contribution >= 4 is 23.5 Å². The molecule has 0 saturated carbocycles. The fraction of sp³-hybridized carbons (Fsp3) is 0.118. The fourth-order valence-corrected chi connectivity index (χ4v) is 2.82. The molecule has 1 aromatic carbocycles. The van der Waals surface area contributed by atoms with Crippen molar-refractivity contribution in [2.45, 2.75) is 13.8 Å². The van der Waals surface area contributed by atoms with E-state index in [4.69, 9.17) is 0 Å². The van der Waals surface area contributed by atoms with Gasteiger partial charge in [0.05, 0.1) is 23.7 Å². The Labute approximate surface area is 138 Å². The molecule has 0 saturated heterocycles. The molecule has 3 rings (SSSR count). The topological polar surface area (TPSA) is 70.1 Å². The summed E-state index contributed by atoms with van der Waals surface area (Å²) in [5.41, 5.74) is 7.06. The minimum Gasteiger partial charge on any atom is -0.277 e. The first kappa shape index (κ1) is 15.2. The van der Waals surface area contributed by atoms with Crippen molar-refractivity contribution in [3.8, 4) is 11.3 Å². The lowest BCUT2D eigenvalue weighted by molar-refractivity contribution is 0.0955. The van der Waals surface area contributed by atoms with E-state index < -0.39 is 0 Å². The lowest BCUT2D eigenvalue weighted by atomic mass is 10.1. The summed E-state index contributed by atoms with van der Waals surface area (Å²) in [6.07, 6.45) is 3.27. The Morgan fingerprint density at radius 2 is 2.09 bits per heavy atom. The molecular weight excluding hydrogens is 308 g/mol. The van der Waals surface area contributed by atoms with Crippen LogP contribution >= 0.6 is 11.3 Å². The Bertz CT molecular complexity index is 846. The number of aromatic amines is 1. The van der Waals surface area contributed by atoms with Gasteiger partial charge in [-0.1, -0.05) is 29.8 Å². The smallest absolute Gasteiger partial charge is 0.272 e. The number of carbonyl (C=O) groups is 1. The third-order valence-electron chi connectivity index (χ3n) is 3.37. The number of thiophene rings is 1. The number of aromatic nitrogens is 2. The van der Waals surface area contributed by atoms with E-state index in [1.54, 1.807) is 12.4 Å². The zero-order chi connectivity index (χ0) is 16.2. The molecule has 0 aliphatic rings. The van der Waals surface area contributed by atoms with Gasteiger partial charge in [-0.05, 0) is 19.9 Å². The maximum Gasteiger partial charge on any atom is 0.272 e. The number of carbonyl (C=O) groups excluding carboxylic acids is 1. The van der Waals surface area contributed by atoms with Gasteiger partial charge < -0.3 is 0 Å². The third-order valence-corrected chi connectivity index (χ3v) is 4.23. The summed E-state index contributed by atoms with van der Waals surface area (Å²) in [7, 11) is 0. The molecule has 0 aliphatic heterocycles. The highest BCUT2D eigenvalue weighted by Crippen LogP contribution is 2.20. The normalized spacial score (nSPS) is 11.0. The second-order valence-electron chi connectivity index (χ2n) is 5.21. The van der Waals surface area contributed by atoms with Crippen LogP contribution < -0.4 is 5.43 Å². The van der Waals surface area contributed by atoms with Gasteiger partial charge in [0.1, 0.15) is 0 Å². The monoisotopic (exact) mass is 324 g/mol. The maximum atomic E-state index is 11.9. The van der Waals surface area contributed by atoms with Crippen LogP contribution in [-0.4, -0.2) is 22.3 Å². The minimum absolute atomic E-state index is 0.217. The van der Waals surface area contributed by atoms with Gasteiger partial charge >= 0.3 is 0 Å². The number of hydrogen-bond acceptors (Lipinski definition) is 4. The van der Waals surface area contributed by atoms with E-state index in [1.807, 2.05) is 49.6 Å². The molecule has 23 heavy (non-hydrogen) atoms. The van der Waals surface area contributed by atoms with Gasteiger partial charge in [0.2, 0.25) is 0 Å². The van der Waals surface area contributed by atoms with Gasteiger partial charge in [-0.15, -0.1) is 11.3 Å². The molecule has 2 aromatic heterocycles. The maximum absolute atomic E-state index is 11.9. The van der Waals surface area contributed by atoms with Gasteiger partial charge in [0, 0.05) is 21.4 Å².